The molecule has 0 radical (unpaired) electrons. The third-order valence-electron chi connectivity index (χ3n) is 3.25. The van der Waals surface area contributed by atoms with Crippen molar-refractivity contribution in [3.8, 4) is 0 Å². The van der Waals surface area contributed by atoms with Crippen LogP contribution in [-0.4, -0.2) is 24.3 Å². The number of carbonyl (C=O) groups is 2. The summed E-state index contributed by atoms with van der Waals surface area (Å²) in [6.07, 6.45) is -0.677. The van der Waals surface area contributed by atoms with Crippen molar-refractivity contribution in [3.05, 3.63) is 34.3 Å². The number of Topliss-reactive ketones (excluding diaryl/α,β-unsaturated/α-hetero) is 1. The molecule has 0 spiro atoms. The number of halogens is 3. The average Bonchev–Trinajstić information content (AvgIpc) is 2.77. The highest BCUT2D eigenvalue weighted by Gasteiger charge is 2.43. The molecule has 20 heavy (non-hydrogen) atoms. The Labute approximate surface area is 123 Å². The van der Waals surface area contributed by atoms with Crippen LogP contribution in [0.1, 0.15) is 29.6 Å². The van der Waals surface area contributed by atoms with Crippen molar-refractivity contribution in [2.24, 2.45) is 5.92 Å². The predicted octanol–water partition coefficient (Wildman–Crippen LogP) is 3.61. The maximum atomic E-state index is 13.0. The van der Waals surface area contributed by atoms with Crippen molar-refractivity contribution < 1.29 is 23.1 Å². The molecule has 1 atom stereocenters. The van der Waals surface area contributed by atoms with Crippen molar-refractivity contribution in [3.63, 3.8) is 0 Å². The number of alkyl halides is 2. The lowest BCUT2D eigenvalue weighted by Crippen LogP contribution is -2.21. The fourth-order valence-corrected chi connectivity index (χ4v) is 2.39. The summed E-state index contributed by atoms with van der Waals surface area (Å²) in [6, 6.07) is 6.60. The van der Waals surface area contributed by atoms with E-state index in [1.165, 1.54) is 0 Å². The summed E-state index contributed by atoms with van der Waals surface area (Å²) in [7, 11) is 0. The molecule has 0 bridgehead atoms. The number of rotatable bonds is 4. The zero-order valence-corrected chi connectivity index (χ0v) is 12.2. The minimum atomic E-state index is -2.79. The third-order valence-corrected chi connectivity index (χ3v) is 3.78. The van der Waals surface area contributed by atoms with Crippen LogP contribution in [0.4, 0.5) is 8.78 Å². The molecule has 1 saturated carbocycles. The van der Waals surface area contributed by atoms with E-state index in [-0.39, 0.29) is 18.6 Å². The molecule has 2 rings (SSSR count). The molecule has 3 nitrogen and oxygen atoms in total. The Morgan fingerprint density at radius 3 is 2.50 bits per heavy atom. The molecule has 0 aliphatic heterocycles. The predicted molar refractivity (Wildman–Crippen MR) is 71.7 cm³/mol. The molecular formula is C14H13BrF2O3. The summed E-state index contributed by atoms with van der Waals surface area (Å²) in [5.74, 6) is -4.66. The van der Waals surface area contributed by atoms with Crippen LogP contribution < -0.4 is 0 Å². The molecule has 0 N–H and O–H groups in total. The Morgan fingerprint density at radius 1 is 1.30 bits per heavy atom. The molecule has 1 aromatic rings. The Morgan fingerprint density at radius 2 is 1.95 bits per heavy atom. The molecule has 0 aromatic heterocycles. The summed E-state index contributed by atoms with van der Waals surface area (Å²) >= 11 is 3.24. The third kappa shape index (κ3) is 3.85. The van der Waals surface area contributed by atoms with Crippen molar-refractivity contribution in [2.45, 2.75) is 25.2 Å². The fraction of sp³-hybridized carbons (Fsp3) is 0.429. The van der Waals surface area contributed by atoms with Crippen LogP contribution in [0.2, 0.25) is 0 Å². The van der Waals surface area contributed by atoms with Gasteiger partial charge in [0.2, 0.25) is 5.92 Å². The first-order valence-corrected chi connectivity index (χ1v) is 7.00. The first kappa shape index (κ1) is 15.1. The van der Waals surface area contributed by atoms with Crippen molar-refractivity contribution in [2.75, 3.05) is 6.61 Å². The zero-order valence-electron chi connectivity index (χ0n) is 10.6. The van der Waals surface area contributed by atoms with Gasteiger partial charge in [0.15, 0.2) is 12.4 Å². The van der Waals surface area contributed by atoms with Crippen LogP contribution in [0.3, 0.4) is 0 Å². The van der Waals surface area contributed by atoms with E-state index in [0.29, 0.717) is 5.56 Å². The number of carbonyl (C=O) groups excluding carboxylic acids is 2. The number of esters is 1. The van der Waals surface area contributed by atoms with Crippen molar-refractivity contribution in [1.29, 1.82) is 0 Å². The molecular weight excluding hydrogens is 334 g/mol. The monoisotopic (exact) mass is 346 g/mol. The molecule has 6 heteroatoms. The topological polar surface area (TPSA) is 43.4 Å². The van der Waals surface area contributed by atoms with Gasteiger partial charge in [-0.3, -0.25) is 9.59 Å². The van der Waals surface area contributed by atoms with E-state index in [0.717, 1.165) is 4.47 Å². The van der Waals surface area contributed by atoms with Crippen LogP contribution in [-0.2, 0) is 9.53 Å². The number of hydrogen-bond acceptors (Lipinski definition) is 3. The van der Waals surface area contributed by atoms with Gasteiger partial charge in [0, 0.05) is 22.9 Å². The Balaban J connectivity index is 1.84. The number of ether oxygens (including phenoxy) is 1. The SMILES string of the molecule is O=C(COC(=O)[C@H]1CCC(F)(F)C1)c1ccc(Br)cc1. The van der Waals surface area contributed by atoms with Gasteiger partial charge in [-0.25, -0.2) is 8.78 Å². The standard InChI is InChI=1S/C14H13BrF2O3/c15-11-3-1-9(2-4-11)12(18)8-20-13(19)10-5-6-14(16,17)7-10/h1-4,10H,5-8H2/t10-/m0/s1. The molecule has 1 aromatic carbocycles. The van der Waals surface area contributed by atoms with E-state index in [1.54, 1.807) is 24.3 Å². The maximum Gasteiger partial charge on any atom is 0.309 e. The number of hydrogen-bond donors (Lipinski definition) is 0. The quantitative estimate of drug-likeness (QED) is 0.617. The second-order valence-corrected chi connectivity index (χ2v) is 5.75. The van der Waals surface area contributed by atoms with Gasteiger partial charge in [-0.15, -0.1) is 0 Å². The Bertz CT molecular complexity index is 514. The van der Waals surface area contributed by atoms with Crippen LogP contribution in [0.25, 0.3) is 0 Å². The van der Waals surface area contributed by atoms with Gasteiger partial charge in [0.05, 0.1) is 5.92 Å². The minimum absolute atomic E-state index is 0.109. The van der Waals surface area contributed by atoms with Crippen molar-refractivity contribution in [1.82, 2.24) is 0 Å². The van der Waals surface area contributed by atoms with E-state index in [9.17, 15) is 18.4 Å². The second-order valence-electron chi connectivity index (χ2n) is 4.83. The van der Waals surface area contributed by atoms with Crippen molar-refractivity contribution >= 4 is 27.7 Å². The van der Waals surface area contributed by atoms with E-state index in [1.807, 2.05) is 0 Å². The molecule has 1 aliphatic carbocycles. The van der Waals surface area contributed by atoms with Gasteiger partial charge in [0.25, 0.3) is 0 Å². The summed E-state index contributed by atoms with van der Waals surface area (Å²) in [6.45, 7) is -0.414. The van der Waals surface area contributed by atoms with Gasteiger partial charge < -0.3 is 4.74 Å². The molecule has 0 amide bonds. The highest BCUT2D eigenvalue weighted by molar-refractivity contribution is 9.10. The van der Waals surface area contributed by atoms with Crippen LogP contribution in [0, 0.1) is 5.92 Å². The lowest BCUT2D eigenvalue weighted by Gasteiger charge is -2.10. The Kier molecular flexibility index (Phi) is 4.52. The lowest BCUT2D eigenvalue weighted by molar-refractivity contribution is -0.148. The molecule has 0 saturated heterocycles. The van der Waals surface area contributed by atoms with Gasteiger partial charge in [-0.05, 0) is 18.6 Å². The normalized spacial score (nSPS) is 20.6. The highest BCUT2D eigenvalue weighted by atomic mass is 79.9. The number of benzene rings is 1. The molecule has 108 valence electrons. The summed E-state index contributed by atoms with van der Waals surface area (Å²) in [5.41, 5.74) is 0.415. The first-order valence-electron chi connectivity index (χ1n) is 6.21. The van der Waals surface area contributed by atoms with Gasteiger partial charge in [-0.2, -0.15) is 0 Å². The smallest absolute Gasteiger partial charge is 0.309 e. The average molecular weight is 347 g/mol. The van der Waals surface area contributed by atoms with Gasteiger partial charge in [-0.1, -0.05) is 28.1 Å². The molecule has 0 unspecified atom stereocenters. The molecule has 1 aliphatic rings. The van der Waals surface area contributed by atoms with Gasteiger partial charge >= 0.3 is 5.97 Å². The van der Waals surface area contributed by atoms with Crippen LogP contribution in [0.5, 0.6) is 0 Å². The minimum Gasteiger partial charge on any atom is -0.457 e. The van der Waals surface area contributed by atoms with E-state index >= 15 is 0 Å². The molecule has 0 heterocycles. The summed E-state index contributed by atoms with van der Waals surface area (Å²) in [4.78, 5) is 23.4. The summed E-state index contributed by atoms with van der Waals surface area (Å²) < 4.78 is 31.6. The van der Waals surface area contributed by atoms with E-state index < -0.39 is 30.8 Å². The molecule has 1 fully saturated rings. The zero-order chi connectivity index (χ0) is 14.8. The number of ketones is 1. The highest BCUT2D eigenvalue weighted by Crippen LogP contribution is 2.39. The van der Waals surface area contributed by atoms with Gasteiger partial charge in [0.1, 0.15) is 0 Å². The van der Waals surface area contributed by atoms with E-state index in [2.05, 4.69) is 15.9 Å². The summed E-state index contributed by atoms with van der Waals surface area (Å²) in [5, 5.41) is 0. The lowest BCUT2D eigenvalue weighted by atomic mass is 10.1. The maximum absolute atomic E-state index is 13.0. The second kappa shape index (κ2) is 5.99. The Hall–Kier alpha value is -1.30. The van der Waals surface area contributed by atoms with Crippen LogP contribution in [0.15, 0.2) is 28.7 Å². The first-order chi connectivity index (χ1) is 9.37. The fourth-order valence-electron chi connectivity index (χ4n) is 2.12. The van der Waals surface area contributed by atoms with Crippen LogP contribution >= 0.6 is 15.9 Å². The van der Waals surface area contributed by atoms with E-state index in [4.69, 9.17) is 4.74 Å². The largest absolute Gasteiger partial charge is 0.457 e.